The lowest BCUT2D eigenvalue weighted by Gasteiger charge is -2.29. The van der Waals surface area contributed by atoms with E-state index in [-0.39, 0.29) is 11.9 Å². The van der Waals surface area contributed by atoms with Crippen LogP contribution in [0.4, 0.5) is 4.39 Å². The van der Waals surface area contributed by atoms with Gasteiger partial charge in [0.25, 0.3) is 5.91 Å². The Morgan fingerprint density at radius 2 is 2.11 bits per heavy atom. The lowest BCUT2D eigenvalue weighted by molar-refractivity contribution is -0.124. The fraction of sp³-hybridized carbons (Fsp3) is 0.250. The third kappa shape index (κ3) is 5.06. The van der Waals surface area contributed by atoms with Gasteiger partial charge in [0, 0.05) is 53.7 Å². The maximum absolute atomic E-state index is 13.6. The molecule has 0 spiro atoms. The average Bonchev–Trinajstić information content (AvgIpc) is 3.58. The second-order valence-corrected chi connectivity index (χ2v) is 9.21. The number of aromatic nitrogens is 2. The monoisotopic (exact) mass is 472 g/mol. The highest BCUT2D eigenvalue weighted by atomic mass is 19.1. The molecule has 180 valence electrons. The fourth-order valence-electron chi connectivity index (χ4n) is 5.15. The van der Waals surface area contributed by atoms with Crippen LogP contribution in [0.25, 0.3) is 17.0 Å². The molecule has 0 radical (unpaired) electrons. The molecule has 6 nitrogen and oxygen atoms in total. The van der Waals surface area contributed by atoms with E-state index in [1.807, 2.05) is 18.3 Å². The van der Waals surface area contributed by atoms with Gasteiger partial charge in [0.1, 0.15) is 5.82 Å². The first-order chi connectivity index (χ1) is 17.0. The van der Waals surface area contributed by atoms with E-state index >= 15 is 0 Å². The van der Waals surface area contributed by atoms with Crippen molar-refractivity contribution in [2.45, 2.75) is 38.8 Å². The van der Waals surface area contributed by atoms with E-state index in [1.165, 1.54) is 34.5 Å². The number of aromatic amines is 2. The molecular formula is C28H29FN4O2. The number of nitrogens with zero attached hydrogens (tertiary/aromatic N) is 1. The minimum atomic E-state index is -0.546. The largest absolute Gasteiger partial charge is 0.361 e. The molecule has 1 aliphatic carbocycles. The second-order valence-electron chi connectivity index (χ2n) is 9.21. The van der Waals surface area contributed by atoms with Crippen LogP contribution in [0.5, 0.6) is 0 Å². The van der Waals surface area contributed by atoms with Crippen molar-refractivity contribution in [3.63, 3.8) is 0 Å². The number of fused-ring (bicyclic) bond motifs is 2. The molecule has 0 aliphatic heterocycles. The molecule has 0 saturated carbocycles. The zero-order valence-electron chi connectivity index (χ0n) is 19.6. The van der Waals surface area contributed by atoms with E-state index in [1.54, 1.807) is 17.6 Å². The quantitative estimate of drug-likeness (QED) is 0.162. The van der Waals surface area contributed by atoms with Gasteiger partial charge in [0.05, 0.1) is 0 Å². The normalized spacial score (nSPS) is 15.4. The lowest BCUT2D eigenvalue weighted by Crippen LogP contribution is -2.29. The van der Waals surface area contributed by atoms with Gasteiger partial charge in [-0.05, 0) is 84.8 Å². The van der Waals surface area contributed by atoms with Crippen molar-refractivity contribution < 1.29 is 14.4 Å². The zero-order valence-corrected chi connectivity index (χ0v) is 19.6. The van der Waals surface area contributed by atoms with Crippen LogP contribution in [0, 0.1) is 12.7 Å². The van der Waals surface area contributed by atoms with Crippen LogP contribution in [-0.4, -0.2) is 32.5 Å². The van der Waals surface area contributed by atoms with Gasteiger partial charge in [-0.1, -0.05) is 18.2 Å². The number of aryl methyl sites for hydroxylation is 2. The van der Waals surface area contributed by atoms with Crippen LogP contribution in [0.15, 0.2) is 60.8 Å². The molecule has 4 aromatic rings. The zero-order chi connectivity index (χ0) is 24.4. The Morgan fingerprint density at radius 3 is 2.91 bits per heavy atom. The van der Waals surface area contributed by atoms with Gasteiger partial charge in [-0.25, -0.2) is 9.87 Å². The summed E-state index contributed by atoms with van der Waals surface area (Å²) in [5.74, 6) is -0.779. The molecule has 1 aliphatic rings. The molecule has 2 aromatic heterocycles. The van der Waals surface area contributed by atoms with Gasteiger partial charge in [-0.3, -0.25) is 14.9 Å². The van der Waals surface area contributed by atoms with Crippen molar-refractivity contribution in [1.82, 2.24) is 20.3 Å². The van der Waals surface area contributed by atoms with Crippen molar-refractivity contribution in [3.8, 4) is 0 Å². The smallest absolute Gasteiger partial charge is 0.267 e. The minimum absolute atomic E-state index is 0.233. The van der Waals surface area contributed by atoms with Gasteiger partial charge in [0.2, 0.25) is 0 Å². The number of amides is 1. The standard InChI is InChI=1S/C28H29FN4O2/c1-18-2-7-23(31-18)17-33(13-12-21-16-30-26-15-22(29)6-9-24(21)26)27-10-5-20-14-19(3-8-25(20)27)4-11-28(34)32-35/h2-4,6-9,11,14-16,27,30-31,35H,5,10,12-13,17H2,1H3,(H,32,34)/b11-4+. The summed E-state index contributed by atoms with van der Waals surface area (Å²) in [5.41, 5.74) is 9.51. The number of hydrogen-bond acceptors (Lipinski definition) is 3. The molecule has 1 unspecified atom stereocenters. The number of halogens is 1. The van der Waals surface area contributed by atoms with E-state index in [4.69, 9.17) is 5.21 Å². The molecule has 5 rings (SSSR count). The van der Waals surface area contributed by atoms with Crippen molar-refractivity contribution in [2.24, 2.45) is 0 Å². The van der Waals surface area contributed by atoms with Crippen LogP contribution in [-0.2, 0) is 24.2 Å². The number of carbonyl (C=O) groups is 1. The van der Waals surface area contributed by atoms with Crippen molar-refractivity contribution in [2.75, 3.05) is 6.54 Å². The van der Waals surface area contributed by atoms with Crippen molar-refractivity contribution in [3.05, 3.63) is 100 Å². The number of hydroxylamine groups is 1. The first kappa shape index (κ1) is 23.1. The Kier molecular flexibility index (Phi) is 6.53. The first-order valence-corrected chi connectivity index (χ1v) is 11.9. The third-order valence-corrected chi connectivity index (χ3v) is 6.85. The number of H-pyrrole nitrogens is 2. The van der Waals surface area contributed by atoms with Crippen molar-refractivity contribution in [1.29, 1.82) is 0 Å². The molecule has 0 saturated heterocycles. The number of nitrogens with one attached hydrogen (secondary N) is 3. The maximum Gasteiger partial charge on any atom is 0.267 e. The molecule has 35 heavy (non-hydrogen) atoms. The number of rotatable bonds is 8. The third-order valence-electron chi connectivity index (χ3n) is 6.85. The molecule has 0 fully saturated rings. The van der Waals surface area contributed by atoms with Gasteiger partial charge in [-0.15, -0.1) is 0 Å². The van der Waals surface area contributed by atoms with Gasteiger partial charge < -0.3 is 9.97 Å². The average molecular weight is 473 g/mol. The van der Waals surface area contributed by atoms with Gasteiger partial charge in [0.15, 0.2) is 0 Å². The Labute approximate surface area is 203 Å². The van der Waals surface area contributed by atoms with Crippen molar-refractivity contribution >= 4 is 22.9 Å². The molecule has 2 aromatic carbocycles. The van der Waals surface area contributed by atoms with E-state index < -0.39 is 5.91 Å². The van der Waals surface area contributed by atoms with Crippen LogP contribution >= 0.6 is 0 Å². The summed E-state index contributed by atoms with van der Waals surface area (Å²) >= 11 is 0. The highest BCUT2D eigenvalue weighted by molar-refractivity contribution is 5.90. The molecule has 2 heterocycles. The second kappa shape index (κ2) is 9.90. The van der Waals surface area contributed by atoms with Gasteiger partial charge >= 0.3 is 0 Å². The van der Waals surface area contributed by atoms with E-state index in [9.17, 15) is 9.18 Å². The van der Waals surface area contributed by atoms with E-state index in [0.717, 1.165) is 54.5 Å². The number of carbonyl (C=O) groups excluding carboxylic acids is 1. The summed E-state index contributed by atoms with van der Waals surface area (Å²) < 4.78 is 13.6. The Hall–Kier alpha value is -3.68. The number of hydrogen-bond donors (Lipinski definition) is 4. The first-order valence-electron chi connectivity index (χ1n) is 11.9. The summed E-state index contributed by atoms with van der Waals surface area (Å²) in [6.07, 6.45) is 7.87. The van der Waals surface area contributed by atoms with Crippen LogP contribution < -0.4 is 5.48 Å². The highest BCUT2D eigenvalue weighted by Crippen LogP contribution is 2.37. The van der Waals surface area contributed by atoms with Gasteiger partial charge in [-0.2, -0.15) is 0 Å². The predicted octanol–water partition coefficient (Wildman–Crippen LogP) is 5.19. The molecule has 0 bridgehead atoms. The SMILES string of the molecule is Cc1ccc(CN(CCc2c[nH]c3cc(F)ccc23)C2CCc3cc(/C=C/C(=O)NO)ccc32)[nH]1. The summed E-state index contributed by atoms with van der Waals surface area (Å²) in [6.45, 7) is 3.74. The van der Waals surface area contributed by atoms with E-state index in [0.29, 0.717) is 0 Å². The molecule has 7 heteroatoms. The summed E-state index contributed by atoms with van der Waals surface area (Å²) in [6, 6.07) is 15.8. The summed E-state index contributed by atoms with van der Waals surface area (Å²) in [4.78, 5) is 20.5. The van der Waals surface area contributed by atoms with Crippen LogP contribution in [0.1, 0.15) is 46.1 Å². The molecule has 1 atom stereocenters. The summed E-state index contributed by atoms with van der Waals surface area (Å²) in [5, 5.41) is 9.77. The Balaban J connectivity index is 1.38. The maximum atomic E-state index is 13.6. The predicted molar refractivity (Wildman–Crippen MR) is 134 cm³/mol. The molecule has 1 amide bonds. The lowest BCUT2D eigenvalue weighted by atomic mass is 10.0. The minimum Gasteiger partial charge on any atom is -0.361 e. The summed E-state index contributed by atoms with van der Waals surface area (Å²) in [7, 11) is 0. The van der Waals surface area contributed by atoms with Crippen LogP contribution in [0.3, 0.4) is 0 Å². The fourth-order valence-corrected chi connectivity index (χ4v) is 5.15. The molecule has 4 N–H and O–H groups in total. The van der Waals surface area contributed by atoms with E-state index in [2.05, 4.69) is 46.1 Å². The highest BCUT2D eigenvalue weighted by Gasteiger charge is 2.28. The van der Waals surface area contributed by atoms with Crippen LogP contribution in [0.2, 0.25) is 0 Å². The molecular weight excluding hydrogens is 443 g/mol. The Morgan fingerprint density at radius 1 is 1.23 bits per heavy atom. The Bertz CT molecular complexity index is 1390. The topological polar surface area (TPSA) is 84.2 Å². The number of benzene rings is 2.